The standard InChI is InChI=1S/C19H18BrN3O5S/c20-15-12-14(23(26)27)6-7-16(15)21-19(29)22-17(24)8-9-18(25)28-11-10-13-4-2-1-3-5-13/h1-7,12H,8-11H2,(H2,21,22,24,29). The van der Waals surface area contributed by atoms with E-state index in [-0.39, 0.29) is 30.2 Å². The number of nitro benzene ring substituents is 1. The Bertz CT molecular complexity index is 908. The fourth-order valence-electron chi connectivity index (χ4n) is 2.28. The summed E-state index contributed by atoms with van der Waals surface area (Å²) < 4.78 is 5.54. The zero-order valence-corrected chi connectivity index (χ0v) is 17.6. The van der Waals surface area contributed by atoms with Gasteiger partial charge in [0.15, 0.2) is 5.11 Å². The Hall–Kier alpha value is -2.85. The Morgan fingerprint density at radius 3 is 2.52 bits per heavy atom. The summed E-state index contributed by atoms with van der Waals surface area (Å²) in [4.78, 5) is 33.9. The molecule has 0 bridgehead atoms. The molecule has 0 fully saturated rings. The Balaban J connectivity index is 1.69. The SMILES string of the molecule is O=C(CCC(=O)OCCc1ccccc1)NC(=S)Nc1ccc([N+](=O)[O-])cc1Br. The van der Waals surface area contributed by atoms with Gasteiger partial charge in [-0.1, -0.05) is 30.3 Å². The lowest BCUT2D eigenvalue weighted by molar-refractivity contribution is -0.384. The van der Waals surface area contributed by atoms with Gasteiger partial charge >= 0.3 is 5.97 Å². The molecule has 0 spiro atoms. The van der Waals surface area contributed by atoms with Crippen molar-refractivity contribution in [2.75, 3.05) is 11.9 Å². The monoisotopic (exact) mass is 479 g/mol. The van der Waals surface area contributed by atoms with Gasteiger partial charge in [0.2, 0.25) is 5.91 Å². The first-order valence-corrected chi connectivity index (χ1v) is 9.79. The molecule has 1 amide bonds. The van der Waals surface area contributed by atoms with Crippen LogP contribution in [0, 0.1) is 10.1 Å². The number of non-ortho nitro benzene ring substituents is 1. The molecule has 10 heteroatoms. The number of carbonyl (C=O) groups excluding carboxylic acids is 2. The van der Waals surface area contributed by atoms with Gasteiger partial charge in [-0.25, -0.2) is 0 Å². The van der Waals surface area contributed by atoms with E-state index in [1.807, 2.05) is 30.3 Å². The zero-order valence-electron chi connectivity index (χ0n) is 15.2. The summed E-state index contributed by atoms with van der Waals surface area (Å²) in [7, 11) is 0. The number of nitrogens with one attached hydrogen (secondary N) is 2. The summed E-state index contributed by atoms with van der Waals surface area (Å²) in [5, 5.41) is 16.0. The maximum Gasteiger partial charge on any atom is 0.306 e. The van der Waals surface area contributed by atoms with Gasteiger partial charge in [-0.05, 0) is 39.8 Å². The molecular formula is C19H18BrN3O5S. The molecule has 0 saturated heterocycles. The van der Waals surface area contributed by atoms with E-state index in [0.717, 1.165) is 5.56 Å². The first-order valence-electron chi connectivity index (χ1n) is 8.59. The molecule has 0 atom stereocenters. The molecule has 0 heterocycles. The van der Waals surface area contributed by atoms with E-state index in [0.29, 0.717) is 16.6 Å². The fourth-order valence-corrected chi connectivity index (χ4v) is 2.97. The summed E-state index contributed by atoms with van der Waals surface area (Å²) in [5.41, 5.74) is 1.44. The molecule has 2 aromatic carbocycles. The third kappa shape index (κ3) is 7.96. The maximum absolute atomic E-state index is 11.9. The maximum atomic E-state index is 11.9. The number of hydrogen-bond acceptors (Lipinski definition) is 6. The van der Waals surface area contributed by atoms with E-state index < -0.39 is 16.8 Å². The lowest BCUT2D eigenvalue weighted by Crippen LogP contribution is -2.34. The molecule has 0 aliphatic rings. The van der Waals surface area contributed by atoms with Crippen LogP contribution in [0.3, 0.4) is 0 Å². The van der Waals surface area contributed by atoms with E-state index in [9.17, 15) is 19.7 Å². The van der Waals surface area contributed by atoms with Crippen LogP contribution in [0.15, 0.2) is 53.0 Å². The molecule has 8 nitrogen and oxygen atoms in total. The van der Waals surface area contributed by atoms with Crippen molar-refractivity contribution in [3.63, 3.8) is 0 Å². The number of ether oxygens (including phenoxy) is 1. The minimum atomic E-state index is -0.520. The molecule has 0 saturated carbocycles. The number of nitrogens with zero attached hydrogens (tertiary/aromatic N) is 1. The number of nitro groups is 1. The van der Waals surface area contributed by atoms with Crippen LogP contribution in [0.25, 0.3) is 0 Å². The summed E-state index contributed by atoms with van der Waals surface area (Å²) in [6.45, 7) is 0.249. The summed E-state index contributed by atoms with van der Waals surface area (Å²) >= 11 is 8.25. The fraction of sp³-hybridized carbons (Fsp3) is 0.211. The second-order valence-electron chi connectivity index (χ2n) is 5.88. The molecule has 0 radical (unpaired) electrons. The predicted molar refractivity (Wildman–Crippen MR) is 115 cm³/mol. The Kier molecular flexibility index (Phi) is 8.68. The van der Waals surface area contributed by atoms with Crippen molar-refractivity contribution in [2.24, 2.45) is 0 Å². The molecule has 0 unspecified atom stereocenters. The van der Waals surface area contributed by atoms with Crippen LogP contribution in [0.5, 0.6) is 0 Å². The van der Waals surface area contributed by atoms with Crippen LogP contribution >= 0.6 is 28.1 Å². The smallest absolute Gasteiger partial charge is 0.306 e. The number of halogens is 1. The van der Waals surface area contributed by atoms with Crippen molar-refractivity contribution in [1.82, 2.24) is 5.32 Å². The molecule has 0 aliphatic carbocycles. The van der Waals surface area contributed by atoms with Gasteiger partial charge in [0, 0.05) is 29.4 Å². The van der Waals surface area contributed by atoms with Gasteiger partial charge in [-0.2, -0.15) is 0 Å². The largest absolute Gasteiger partial charge is 0.465 e. The number of carbonyl (C=O) groups is 2. The second-order valence-corrected chi connectivity index (χ2v) is 7.14. The Morgan fingerprint density at radius 2 is 1.86 bits per heavy atom. The topological polar surface area (TPSA) is 111 Å². The minimum absolute atomic E-state index is 0.0157. The molecule has 2 aromatic rings. The molecule has 0 aliphatic heterocycles. The highest BCUT2D eigenvalue weighted by atomic mass is 79.9. The predicted octanol–water partition coefficient (Wildman–Crippen LogP) is 3.74. The summed E-state index contributed by atoms with van der Waals surface area (Å²) in [6.07, 6.45) is 0.467. The van der Waals surface area contributed by atoms with Crippen LogP contribution in [-0.4, -0.2) is 28.5 Å². The van der Waals surface area contributed by atoms with Gasteiger partial charge < -0.3 is 15.4 Å². The highest BCUT2D eigenvalue weighted by Crippen LogP contribution is 2.26. The van der Waals surface area contributed by atoms with Gasteiger partial charge in [0.05, 0.1) is 23.6 Å². The molecule has 0 aromatic heterocycles. The number of amides is 1. The molecule has 2 N–H and O–H groups in total. The number of anilines is 1. The van der Waals surface area contributed by atoms with Crippen LogP contribution < -0.4 is 10.6 Å². The van der Waals surface area contributed by atoms with Crippen LogP contribution in [0.1, 0.15) is 18.4 Å². The van der Waals surface area contributed by atoms with E-state index in [1.54, 1.807) is 0 Å². The highest BCUT2D eigenvalue weighted by molar-refractivity contribution is 9.10. The van der Waals surface area contributed by atoms with Crippen LogP contribution in [0.2, 0.25) is 0 Å². The lowest BCUT2D eigenvalue weighted by atomic mass is 10.2. The summed E-state index contributed by atoms with van der Waals surface area (Å²) in [5.74, 6) is -0.909. The minimum Gasteiger partial charge on any atom is -0.465 e. The van der Waals surface area contributed by atoms with Gasteiger partial charge in [0.25, 0.3) is 5.69 Å². The Morgan fingerprint density at radius 1 is 1.14 bits per heavy atom. The molecular weight excluding hydrogens is 462 g/mol. The van der Waals surface area contributed by atoms with Crippen molar-refractivity contribution in [3.05, 3.63) is 68.7 Å². The van der Waals surface area contributed by atoms with E-state index in [1.165, 1.54) is 18.2 Å². The number of thiocarbonyl (C=S) groups is 1. The zero-order chi connectivity index (χ0) is 21.2. The Labute approximate surface area is 180 Å². The second kappa shape index (κ2) is 11.2. The van der Waals surface area contributed by atoms with Crippen molar-refractivity contribution in [2.45, 2.75) is 19.3 Å². The molecule has 2 rings (SSSR count). The molecule has 29 heavy (non-hydrogen) atoms. The van der Waals surface area contributed by atoms with Crippen molar-refractivity contribution >= 4 is 56.5 Å². The number of rotatable bonds is 8. The van der Waals surface area contributed by atoms with Crippen molar-refractivity contribution in [3.8, 4) is 0 Å². The average Bonchev–Trinajstić information content (AvgIpc) is 2.68. The van der Waals surface area contributed by atoms with Crippen LogP contribution in [-0.2, 0) is 20.7 Å². The van der Waals surface area contributed by atoms with E-state index >= 15 is 0 Å². The summed E-state index contributed by atoms with van der Waals surface area (Å²) in [6, 6.07) is 13.7. The van der Waals surface area contributed by atoms with Gasteiger partial charge in [0.1, 0.15) is 0 Å². The quantitative estimate of drug-likeness (QED) is 0.256. The van der Waals surface area contributed by atoms with Crippen molar-refractivity contribution < 1.29 is 19.2 Å². The van der Waals surface area contributed by atoms with Crippen LogP contribution in [0.4, 0.5) is 11.4 Å². The lowest BCUT2D eigenvalue weighted by Gasteiger charge is -2.11. The average molecular weight is 480 g/mol. The molecule has 152 valence electrons. The number of hydrogen-bond donors (Lipinski definition) is 2. The van der Waals surface area contributed by atoms with Crippen molar-refractivity contribution in [1.29, 1.82) is 0 Å². The van der Waals surface area contributed by atoms with Gasteiger partial charge in [-0.15, -0.1) is 0 Å². The van der Waals surface area contributed by atoms with Gasteiger partial charge in [-0.3, -0.25) is 19.7 Å². The number of benzene rings is 2. The first kappa shape index (κ1) is 22.4. The normalized spacial score (nSPS) is 10.1. The van der Waals surface area contributed by atoms with E-state index in [4.69, 9.17) is 17.0 Å². The highest BCUT2D eigenvalue weighted by Gasteiger charge is 2.12. The van der Waals surface area contributed by atoms with E-state index in [2.05, 4.69) is 26.6 Å². The third-order valence-electron chi connectivity index (χ3n) is 3.72. The number of esters is 1. The third-order valence-corrected chi connectivity index (χ3v) is 4.58. The first-order chi connectivity index (χ1) is 13.8.